The minimum absolute atomic E-state index is 0.0547. The van der Waals surface area contributed by atoms with Gasteiger partial charge in [-0.15, -0.1) is 0 Å². The van der Waals surface area contributed by atoms with Crippen LogP contribution in [0.2, 0.25) is 5.02 Å². The van der Waals surface area contributed by atoms with E-state index in [4.69, 9.17) is 16.3 Å². The van der Waals surface area contributed by atoms with Gasteiger partial charge in [-0.05, 0) is 35.9 Å². The number of carbonyl (C=O) groups is 3. The van der Waals surface area contributed by atoms with Crippen molar-refractivity contribution in [3.63, 3.8) is 0 Å². The number of rotatable bonds is 8. The molecule has 184 valence electrons. The number of hydrogen-bond donors (Lipinski definition) is 3. The first-order valence-corrected chi connectivity index (χ1v) is 11.2. The second kappa shape index (κ2) is 11.0. The maximum atomic E-state index is 13.8. The van der Waals surface area contributed by atoms with Gasteiger partial charge < -0.3 is 20.4 Å². The summed E-state index contributed by atoms with van der Waals surface area (Å²) < 4.78 is 32.2. The monoisotopic (exact) mass is 511 g/mol. The number of amides is 2. The molecule has 0 saturated heterocycles. The zero-order valence-electron chi connectivity index (χ0n) is 18.7. The van der Waals surface area contributed by atoms with Gasteiger partial charge in [-0.2, -0.15) is 0 Å². The number of H-pyrrole nitrogens is 1. The summed E-state index contributed by atoms with van der Waals surface area (Å²) in [6, 6.07) is 15.2. The second-order valence-electron chi connectivity index (χ2n) is 7.85. The number of hydrogen-bond acceptors (Lipinski definition) is 4. The van der Waals surface area contributed by atoms with Gasteiger partial charge in [-0.1, -0.05) is 41.9 Å². The van der Waals surface area contributed by atoms with Crippen molar-refractivity contribution < 1.29 is 27.9 Å². The first-order valence-electron chi connectivity index (χ1n) is 10.8. The number of carbonyl (C=O) groups excluding carboxylic acids is 3. The topological polar surface area (TPSA) is 100 Å². The predicted molar refractivity (Wildman–Crippen MR) is 131 cm³/mol. The van der Waals surface area contributed by atoms with E-state index in [0.717, 1.165) is 34.7 Å². The summed E-state index contributed by atoms with van der Waals surface area (Å²) >= 11 is 6.11. The number of esters is 1. The van der Waals surface area contributed by atoms with E-state index in [1.807, 2.05) is 24.3 Å². The smallest absolute Gasteiger partial charge is 0.329 e. The van der Waals surface area contributed by atoms with E-state index < -0.39 is 47.8 Å². The van der Waals surface area contributed by atoms with Gasteiger partial charge in [-0.3, -0.25) is 9.59 Å². The Labute approximate surface area is 209 Å². The Hall–Kier alpha value is -4.24. The highest BCUT2D eigenvalue weighted by molar-refractivity contribution is 6.33. The number of halogens is 3. The molecule has 36 heavy (non-hydrogen) atoms. The number of fused-ring (bicyclic) bond motifs is 1. The third-order valence-corrected chi connectivity index (χ3v) is 5.68. The van der Waals surface area contributed by atoms with Crippen LogP contribution in [0.1, 0.15) is 15.9 Å². The molecule has 1 atom stereocenters. The minimum atomic E-state index is -1.17. The molecule has 0 bridgehead atoms. The molecule has 0 aliphatic heterocycles. The molecule has 10 heteroatoms. The molecular weight excluding hydrogens is 492 g/mol. The summed E-state index contributed by atoms with van der Waals surface area (Å²) in [5, 5.41) is 5.81. The fourth-order valence-electron chi connectivity index (χ4n) is 3.61. The Bertz CT molecular complexity index is 1440. The first-order chi connectivity index (χ1) is 17.3. The van der Waals surface area contributed by atoms with Crippen LogP contribution >= 0.6 is 11.6 Å². The standard InChI is InChI=1S/C26H20ClF2N3O4/c27-19-7-3-1-6-18(19)25(34)32-23(11-15-13-30-21-8-4-2-5-17(15)21)26(35)36-14-24(33)31-22-12-16(28)9-10-20(22)29/h1-10,12-13,23,30H,11,14H2,(H,31,33)(H,32,34)/t23-/m1/s1. The van der Waals surface area contributed by atoms with E-state index in [1.165, 1.54) is 6.07 Å². The van der Waals surface area contributed by atoms with E-state index in [0.29, 0.717) is 0 Å². The van der Waals surface area contributed by atoms with E-state index in [9.17, 15) is 23.2 Å². The molecule has 4 aromatic rings. The van der Waals surface area contributed by atoms with Gasteiger partial charge in [0.1, 0.15) is 17.7 Å². The number of ether oxygens (including phenoxy) is 1. The summed E-state index contributed by atoms with van der Waals surface area (Å²) in [6.07, 6.45) is 1.77. The fraction of sp³-hybridized carbons (Fsp3) is 0.115. The van der Waals surface area contributed by atoms with Crippen molar-refractivity contribution in [1.82, 2.24) is 10.3 Å². The summed E-state index contributed by atoms with van der Waals surface area (Å²) in [4.78, 5) is 41.1. The quantitative estimate of drug-likeness (QED) is 0.300. The number of aromatic amines is 1. The van der Waals surface area contributed by atoms with Crippen molar-refractivity contribution in [3.8, 4) is 0 Å². The average molecular weight is 512 g/mol. The van der Waals surface area contributed by atoms with Crippen LogP contribution in [0.25, 0.3) is 10.9 Å². The predicted octanol–water partition coefficient (Wildman–Crippen LogP) is 4.62. The molecule has 0 aliphatic rings. The van der Waals surface area contributed by atoms with Gasteiger partial charge in [0, 0.05) is 29.6 Å². The van der Waals surface area contributed by atoms with Crippen molar-refractivity contribution in [2.45, 2.75) is 12.5 Å². The van der Waals surface area contributed by atoms with E-state index in [1.54, 1.807) is 24.4 Å². The van der Waals surface area contributed by atoms with E-state index in [-0.39, 0.29) is 17.0 Å². The van der Waals surface area contributed by atoms with Gasteiger partial charge in [0.05, 0.1) is 16.3 Å². The van der Waals surface area contributed by atoms with E-state index in [2.05, 4.69) is 15.6 Å². The normalized spacial score (nSPS) is 11.6. The van der Waals surface area contributed by atoms with Crippen molar-refractivity contribution in [3.05, 3.63) is 101 Å². The lowest BCUT2D eigenvalue weighted by Crippen LogP contribution is -2.44. The lowest BCUT2D eigenvalue weighted by atomic mass is 10.0. The molecule has 4 rings (SSSR count). The Balaban J connectivity index is 1.49. The van der Waals surface area contributed by atoms with Crippen molar-refractivity contribution in [1.29, 1.82) is 0 Å². The largest absolute Gasteiger partial charge is 0.454 e. The molecule has 0 radical (unpaired) electrons. The van der Waals surface area contributed by atoms with Gasteiger partial charge in [0.15, 0.2) is 6.61 Å². The Kier molecular flexibility index (Phi) is 7.60. The van der Waals surface area contributed by atoms with Crippen LogP contribution < -0.4 is 10.6 Å². The Morgan fingerprint density at radius 1 is 1.00 bits per heavy atom. The molecule has 1 aromatic heterocycles. The van der Waals surface area contributed by atoms with Crippen LogP contribution in [0.3, 0.4) is 0 Å². The van der Waals surface area contributed by atoms with Crippen LogP contribution in [-0.2, 0) is 20.7 Å². The van der Waals surface area contributed by atoms with Gasteiger partial charge in [0.2, 0.25) is 0 Å². The molecule has 0 saturated carbocycles. The fourth-order valence-corrected chi connectivity index (χ4v) is 3.83. The van der Waals surface area contributed by atoms with Crippen molar-refractivity contribution in [2.75, 3.05) is 11.9 Å². The van der Waals surface area contributed by atoms with Crippen LogP contribution in [0.4, 0.5) is 14.5 Å². The SMILES string of the molecule is O=C(COC(=O)[C@@H](Cc1c[nH]c2ccccc12)NC(=O)c1ccccc1Cl)Nc1cc(F)ccc1F. The molecule has 0 unspecified atom stereocenters. The Morgan fingerprint density at radius 2 is 1.75 bits per heavy atom. The molecule has 3 aromatic carbocycles. The van der Waals surface area contributed by atoms with Crippen molar-refractivity contribution in [2.24, 2.45) is 0 Å². The summed E-state index contributed by atoms with van der Waals surface area (Å²) in [7, 11) is 0. The first kappa shape index (κ1) is 24.9. The summed E-state index contributed by atoms with van der Waals surface area (Å²) in [5.74, 6) is -3.97. The summed E-state index contributed by atoms with van der Waals surface area (Å²) in [6.45, 7) is -0.777. The zero-order valence-corrected chi connectivity index (χ0v) is 19.4. The maximum Gasteiger partial charge on any atom is 0.329 e. The van der Waals surface area contributed by atoms with E-state index >= 15 is 0 Å². The maximum absolute atomic E-state index is 13.8. The van der Waals surface area contributed by atoms with Crippen LogP contribution in [0, 0.1) is 11.6 Å². The third-order valence-electron chi connectivity index (χ3n) is 5.36. The number of aromatic nitrogens is 1. The van der Waals surface area contributed by atoms with Crippen LogP contribution in [-0.4, -0.2) is 35.4 Å². The van der Waals surface area contributed by atoms with Gasteiger partial charge in [-0.25, -0.2) is 13.6 Å². The molecule has 7 nitrogen and oxygen atoms in total. The molecule has 0 spiro atoms. The minimum Gasteiger partial charge on any atom is -0.454 e. The lowest BCUT2D eigenvalue weighted by Gasteiger charge is -2.18. The highest BCUT2D eigenvalue weighted by atomic mass is 35.5. The second-order valence-corrected chi connectivity index (χ2v) is 8.26. The molecular formula is C26H20ClF2N3O4. The molecule has 2 amide bonds. The zero-order chi connectivity index (χ0) is 25.7. The average Bonchev–Trinajstić information content (AvgIpc) is 3.27. The highest BCUT2D eigenvalue weighted by Gasteiger charge is 2.26. The Morgan fingerprint density at radius 3 is 2.56 bits per heavy atom. The number of benzene rings is 3. The lowest BCUT2D eigenvalue weighted by molar-refractivity contribution is -0.149. The molecule has 0 fully saturated rings. The molecule has 1 heterocycles. The number of anilines is 1. The third kappa shape index (κ3) is 5.87. The molecule has 0 aliphatic carbocycles. The molecule has 3 N–H and O–H groups in total. The number of para-hydroxylation sites is 1. The number of nitrogens with one attached hydrogen (secondary N) is 3. The van der Waals surface area contributed by atoms with Crippen LogP contribution in [0.5, 0.6) is 0 Å². The van der Waals surface area contributed by atoms with Gasteiger partial charge in [0.25, 0.3) is 11.8 Å². The van der Waals surface area contributed by atoms with Crippen LogP contribution in [0.15, 0.2) is 72.9 Å². The highest BCUT2D eigenvalue weighted by Crippen LogP contribution is 2.21. The summed E-state index contributed by atoms with van der Waals surface area (Å²) in [5.41, 5.74) is 1.35. The van der Waals surface area contributed by atoms with Crippen molar-refractivity contribution >= 4 is 46.0 Å². The van der Waals surface area contributed by atoms with Gasteiger partial charge >= 0.3 is 5.97 Å².